The van der Waals surface area contributed by atoms with Crippen molar-refractivity contribution in [3.63, 3.8) is 0 Å². The SMILES string of the molecule is c1ccc(-c2c3ccccc3c(-c3cccc4[se]c5cccc(-c6c7ccccc7c(-c7ccc8c(c7)sc7ccccc78)c7ccccc67)c5c34)c3ccccc23)cc1. The molecule has 0 spiro atoms. The molecule has 0 aliphatic heterocycles. The monoisotopic (exact) mass is 842 g/mol. The number of thiophene rings is 1. The molecule has 0 bridgehead atoms. The molecule has 0 aliphatic rings. The van der Waals surface area contributed by atoms with Crippen molar-refractivity contribution in [1.29, 1.82) is 0 Å². The van der Waals surface area contributed by atoms with Gasteiger partial charge in [-0.2, -0.15) is 0 Å². The summed E-state index contributed by atoms with van der Waals surface area (Å²) in [6.07, 6.45) is 0. The van der Waals surface area contributed by atoms with Crippen molar-refractivity contribution in [3.8, 4) is 44.5 Å². The van der Waals surface area contributed by atoms with Gasteiger partial charge in [0.15, 0.2) is 0 Å². The van der Waals surface area contributed by atoms with E-state index in [1.54, 1.807) is 0 Å². The van der Waals surface area contributed by atoms with Gasteiger partial charge in [-0.1, -0.05) is 18.2 Å². The fraction of sp³-hybridized carbons (Fsp3) is 0. The summed E-state index contributed by atoms with van der Waals surface area (Å²) in [7, 11) is 0. The van der Waals surface area contributed by atoms with Crippen LogP contribution < -0.4 is 0 Å². The molecule has 0 saturated carbocycles. The summed E-state index contributed by atoms with van der Waals surface area (Å²) in [6, 6.07) is 77.3. The molecule has 0 nitrogen and oxygen atoms in total. The minimum absolute atomic E-state index is 0.164. The van der Waals surface area contributed by atoms with E-state index in [0.29, 0.717) is 0 Å². The van der Waals surface area contributed by atoms with Gasteiger partial charge in [-0.3, -0.25) is 0 Å². The molecular weight excluding hydrogens is 808 g/mol. The van der Waals surface area contributed by atoms with E-state index in [1.807, 2.05) is 11.3 Å². The Balaban J connectivity index is 1.13. The van der Waals surface area contributed by atoms with Crippen molar-refractivity contribution in [2.45, 2.75) is 0 Å². The van der Waals surface area contributed by atoms with Crippen LogP contribution in [0, 0.1) is 0 Å². The third kappa shape index (κ3) is 4.97. The second kappa shape index (κ2) is 13.4. The summed E-state index contributed by atoms with van der Waals surface area (Å²) >= 11 is 2.05. The Bertz CT molecular complexity index is 3770. The fourth-order valence-corrected chi connectivity index (χ4v) is 13.8. The number of rotatable bonds is 4. The molecule has 0 fully saturated rings. The van der Waals surface area contributed by atoms with Crippen LogP contribution in [0.1, 0.15) is 0 Å². The predicted molar refractivity (Wildman–Crippen MR) is 263 cm³/mol. The van der Waals surface area contributed by atoms with Gasteiger partial charge >= 0.3 is 335 Å². The number of hydrogen-bond donors (Lipinski definition) is 0. The Hall–Kier alpha value is -6.80. The van der Waals surface area contributed by atoms with Gasteiger partial charge < -0.3 is 0 Å². The first-order valence-corrected chi connectivity index (χ1v) is 23.1. The van der Waals surface area contributed by atoms with Gasteiger partial charge in [0.1, 0.15) is 0 Å². The first-order valence-electron chi connectivity index (χ1n) is 20.6. The fourth-order valence-electron chi connectivity index (χ4n) is 10.2. The molecule has 0 aliphatic carbocycles. The topological polar surface area (TPSA) is 0 Å². The third-order valence-electron chi connectivity index (χ3n) is 12.7. The van der Waals surface area contributed by atoms with E-state index in [2.05, 4.69) is 206 Å². The normalized spacial score (nSPS) is 12.0. The summed E-state index contributed by atoms with van der Waals surface area (Å²) in [5.41, 5.74) is 10.4. The van der Waals surface area contributed by atoms with E-state index in [-0.39, 0.29) is 14.5 Å². The van der Waals surface area contributed by atoms with Gasteiger partial charge in [0.25, 0.3) is 0 Å². The molecule has 0 atom stereocenters. The molecule has 0 amide bonds. The van der Waals surface area contributed by atoms with Gasteiger partial charge in [0.05, 0.1) is 0 Å². The van der Waals surface area contributed by atoms with E-state index in [4.69, 9.17) is 0 Å². The molecule has 0 unspecified atom stereocenters. The number of benzene rings is 11. The van der Waals surface area contributed by atoms with Crippen LogP contribution in [0.3, 0.4) is 0 Å². The van der Waals surface area contributed by atoms with E-state index in [1.165, 1.54) is 127 Å². The predicted octanol–water partition coefficient (Wildman–Crippen LogP) is 16.7. The van der Waals surface area contributed by atoms with Crippen LogP contribution in [0.4, 0.5) is 0 Å². The third-order valence-corrected chi connectivity index (χ3v) is 16.1. The average Bonchev–Trinajstić information content (AvgIpc) is 3.89. The average molecular weight is 842 g/mol. The molecular formula is C58H34SSe. The Morgan fingerprint density at radius 3 is 1.17 bits per heavy atom. The van der Waals surface area contributed by atoms with Crippen LogP contribution in [0.2, 0.25) is 0 Å². The molecule has 2 aromatic heterocycles. The standard InChI is InChI=1S/C58H34SSe/c1-2-16-35(17-3-1)53-39-19-4-8-23-43(39)55(44-24-9-5-20-40(44)53)47-27-14-30-51-57(47)58-48(28-15-31-52(58)60-51)56-45-25-10-6-21-41(45)54(42-22-7-11-26-46(42)56)36-32-33-38-37-18-12-13-29-49(37)59-50(38)34-36/h1-34H. The Kier molecular flexibility index (Phi) is 7.59. The van der Waals surface area contributed by atoms with Gasteiger partial charge in [-0.05, 0) is 6.07 Å². The summed E-state index contributed by atoms with van der Waals surface area (Å²) in [5.74, 6) is 0. The van der Waals surface area contributed by atoms with Crippen molar-refractivity contribution >= 4 is 108 Å². The summed E-state index contributed by atoms with van der Waals surface area (Å²) < 4.78 is 5.56. The molecule has 0 N–H and O–H groups in total. The van der Waals surface area contributed by atoms with Crippen LogP contribution in [-0.4, -0.2) is 14.5 Å². The van der Waals surface area contributed by atoms with E-state index < -0.39 is 0 Å². The molecule has 2 heteroatoms. The van der Waals surface area contributed by atoms with Crippen molar-refractivity contribution in [1.82, 2.24) is 0 Å². The quantitative estimate of drug-likeness (QED) is 0.122. The molecule has 13 aromatic rings. The van der Waals surface area contributed by atoms with Crippen molar-refractivity contribution in [2.75, 3.05) is 0 Å². The molecule has 60 heavy (non-hydrogen) atoms. The van der Waals surface area contributed by atoms with E-state index in [9.17, 15) is 0 Å². The molecule has 278 valence electrons. The van der Waals surface area contributed by atoms with Crippen LogP contribution >= 0.6 is 11.3 Å². The van der Waals surface area contributed by atoms with Gasteiger partial charge in [0, 0.05) is 0 Å². The van der Waals surface area contributed by atoms with E-state index >= 15 is 0 Å². The summed E-state index contributed by atoms with van der Waals surface area (Å²) in [4.78, 5) is 0. The minimum atomic E-state index is 0.164. The Morgan fingerprint density at radius 1 is 0.267 bits per heavy atom. The molecule has 0 radical (unpaired) electrons. The van der Waals surface area contributed by atoms with Gasteiger partial charge in [0.2, 0.25) is 0 Å². The van der Waals surface area contributed by atoms with Crippen LogP contribution in [0.25, 0.3) is 127 Å². The van der Waals surface area contributed by atoms with Crippen molar-refractivity contribution in [3.05, 3.63) is 206 Å². The van der Waals surface area contributed by atoms with Crippen LogP contribution in [0.5, 0.6) is 0 Å². The summed E-state index contributed by atoms with van der Waals surface area (Å²) in [5, 5.41) is 15.7. The second-order valence-corrected chi connectivity index (χ2v) is 19.2. The molecule has 11 aromatic carbocycles. The summed E-state index contributed by atoms with van der Waals surface area (Å²) in [6.45, 7) is 0. The molecule has 0 saturated heterocycles. The zero-order chi connectivity index (χ0) is 39.3. The first kappa shape index (κ1) is 34.1. The van der Waals surface area contributed by atoms with Gasteiger partial charge in [-0.25, -0.2) is 0 Å². The zero-order valence-electron chi connectivity index (χ0n) is 32.4. The van der Waals surface area contributed by atoms with Gasteiger partial charge in [-0.15, -0.1) is 0 Å². The van der Waals surface area contributed by atoms with E-state index in [0.717, 1.165) is 0 Å². The zero-order valence-corrected chi connectivity index (χ0v) is 35.0. The molecule has 2 heterocycles. The maximum absolute atomic E-state index is 2.43. The number of hydrogen-bond acceptors (Lipinski definition) is 1. The molecule has 13 rings (SSSR count). The van der Waals surface area contributed by atoms with Crippen LogP contribution in [-0.2, 0) is 0 Å². The Labute approximate surface area is 357 Å². The van der Waals surface area contributed by atoms with Crippen LogP contribution in [0.15, 0.2) is 206 Å². The first-order chi connectivity index (χ1) is 29.8. The van der Waals surface area contributed by atoms with Crippen molar-refractivity contribution < 1.29 is 0 Å². The maximum atomic E-state index is 2.43. The van der Waals surface area contributed by atoms with Crippen molar-refractivity contribution in [2.24, 2.45) is 0 Å². The second-order valence-electron chi connectivity index (χ2n) is 15.8. The number of fused-ring (bicyclic) bond motifs is 10. The Morgan fingerprint density at radius 2 is 0.667 bits per heavy atom.